The highest BCUT2D eigenvalue weighted by Gasteiger charge is 2.11. The molecule has 0 spiro atoms. The minimum atomic E-state index is -0.0711. The van der Waals surface area contributed by atoms with Crippen molar-refractivity contribution < 1.29 is 0 Å². The summed E-state index contributed by atoms with van der Waals surface area (Å²) in [7, 11) is 0. The van der Waals surface area contributed by atoms with Crippen LogP contribution in [0.3, 0.4) is 0 Å². The Labute approximate surface area is 141 Å². The molecule has 0 fully saturated rings. The Hall–Kier alpha value is -2.17. The molecule has 3 aromatic rings. The smallest absolute Gasteiger partial charge is 0.258 e. The van der Waals surface area contributed by atoms with Crippen LogP contribution in [0.25, 0.3) is 4.96 Å². The molecule has 0 unspecified atom stereocenters. The van der Waals surface area contributed by atoms with Crippen molar-refractivity contribution in [3.05, 3.63) is 56.1 Å². The average molecular weight is 342 g/mol. The van der Waals surface area contributed by atoms with E-state index in [1.165, 1.54) is 23.1 Å². The normalized spacial score (nSPS) is 10.9. The van der Waals surface area contributed by atoms with Gasteiger partial charge in [-0.15, -0.1) is 11.3 Å². The minimum Gasteiger partial charge on any atom is -0.269 e. The summed E-state index contributed by atoms with van der Waals surface area (Å²) in [6.45, 7) is 5.70. The summed E-state index contributed by atoms with van der Waals surface area (Å²) >= 11 is 2.89. The molecule has 3 rings (SSSR count). The first-order valence-corrected chi connectivity index (χ1v) is 8.84. The van der Waals surface area contributed by atoms with Crippen LogP contribution >= 0.6 is 23.1 Å². The van der Waals surface area contributed by atoms with Gasteiger partial charge in [-0.3, -0.25) is 9.20 Å². The summed E-state index contributed by atoms with van der Waals surface area (Å²) in [5, 5.41) is 11.9. The monoisotopic (exact) mass is 342 g/mol. The van der Waals surface area contributed by atoms with Gasteiger partial charge in [0.15, 0.2) is 4.96 Å². The largest absolute Gasteiger partial charge is 0.269 e. The van der Waals surface area contributed by atoms with Crippen molar-refractivity contribution in [2.24, 2.45) is 0 Å². The predicted octanol–water partition coefficient (Wildman–Crippen LogP) is 3.24. The zero-order valence-corrected chi connectivity index (χ0v) is 14.6. The molecule has 0 radical (unpaired) electrons. The van der Waals surface area contributed by atoms with Crippen LogP contribution in [-0.4, -0.2) is 14.4 Å². The lowest BCUT2D eigenvalue weighted by Crippen LogP contribution is -2.14. The number of fused-ring (bicyclic) bond motifs is 1. The van der Waals surface area contributed by atoms with Crippen molar-refractivity contribution in [2.75, 3.05) is 0 Å². The van der Waals surface area contributed by atoms with Gasteiger partial charge in [-0.1, -0.05) is 11.8 Å². The molecule has 0 saturated heterocycles. The third-order valence-electron chi connectivity index (χ3n) is 3.41. The van der Waals surface area contributed by atoms with E-state index in [2.05, 4.69) is 16.0 Å². The second kappa shape index (κ2) is 6.14. The first-order valence-electron chi connectivity index (χ1n) is 6.97. The number of aromatic nitrogens is 3. The predicted molar refractivity (Wildman–Crippen MR) is 92.1 cm³/mol. The van der Waals surface area contributed by atoms with Crippen LogP contribution in [0, 0.1) is 32.1 Å². The van der Waals surface area contributed by atoms with Crippen molar-refractivity contribution >= 4 is 28.1 Å². The number of pyridine rings is 1. The third-order valence-corrected chi connectivity index (χ3v) is 5.36. The van der Waals surface area contributed by atoms with E-state index < -0.39 is 0 Å². The summed E-state index contributed by atoms with van der Waals surface area (Å²) in [6.07, 6.45) is 0. The Balaban J connectivity index is 1.93. The van der Waals surface area contributed by atoms with Crippen molar-refractivity contribution in [2.45, 2.75) is 31.6 Å². The standard InChI is InChI=1S/C16H14N4OS2/c1-9-4-10(2)18-15(13(9)6-17)22-8-12-5-14(21)20-11(3)7-23-16(20)19-12/h4-5,7H,8H2,1-3H3. The second-order valence-electron chi connectivity index (χ2n) is 5.24. The highest BCUT2D eigenvalue weighted by molar-refractivity contribution is 7.98. The van der Waals surface area contributed by atoms with Gasteiger partial charge in [0.25, 0.3) is 5.56 Å². The lowest BCUT2D eigenvalue weighted by Gasteiger charge is -2.07. The number of hydrogen-bond acceptors (Lipinski definition) is 6. The number of hydrogen-bond donors (Lipinski definition) is 0. The molecule has 3 aromatic heterocycles. The van der Waals surface area contributed by atoms with E-state index in [9.17, 15) is 10.1 Å². The summed E-state index contributed by atoms with van der Waals surface area (Å²) in [5.41, 5.74) is 3.90. The Morgan fingerprint density at radius 3 is 2.83 bits per heavy atom. The maximum atomic E-state index is 12.2. The lowest BCUT2D eigenvalue weighted by molar-refractivity contribution is 0.993. The maximum absolute atomic E-state index is 12.2. The maximum Gasteiger partial charge on any atom is 0.258 e. The molecule has 116 valence electrons. The third kappa shape index (κ3) is 3.00. The molecule has 0 aliphatic rings. The zero-order valence-electron chi connectivity index (χ0n) is 13.0. The molecule has 0 bridgehead atoms. The van der Waals surface area contributed by atoms with Gasteiger partial charge in [-0.05, 0) is 32.4 Å². The molecule has 0 saturated carbocycles. The van der Waals surface area contributed by atoms with E-state index >= 15 is 0 Å². The average Bonchev–Trinajstić information content (AvgIpc) is 2.86. The van der Waals surface area contributed by atoms with Gasteiger partial charge >= 0.3 is 0 Å². The Bertz CT molecular complexity index is 998. The van der Waals surface area contributed by atoms with E-state index in [1.807, 2.05) is 32.2 Å². The van der Waals surface area contributed by atoms with Crippen LogP contribution < -0.4 is 5.56 Å². The molecule has 0 N–H and O–H groups in total. The molecular formula is C16H14N4OS2. The van der Waals surface area contributed by atoms with E-state index in [0.717, 1.165) is 17.0 Å². The van der Waals surface area contributed by atoms with E-state index in [-0.39, 0.29) is 5.56 Å². The number of thioether (sulfide) groups is 1. The molecular weight excluding hydrogens is 328 g/mol. The van der Waals surface area contributed by atoms with Gasteiger partial charge in [0.05, 0.1) is 11.3 Å². The number of thiazole rings is 1. The number of rotatable bonds is 3. The molecule has 7 heteroatoms. The summed E-state index contributed by atoms with van der Waals surface area (Å²) < 4.78 is 1.61. The van der Waals surface area contributed by atoms with Crippen LogP contribution in [-0.2, 0) is 5.75 Å². The summed E-state index contributed by atoms with van der Waals surface area (Å²) in [5.74, 6) is 0.507. The van der Waals surface area contributed by atoms with Crippen molar-refractivity contribution in [3.8, 4) is 6.07 Å². The first kappa shape index (κ1) is 15.7. The highest BCUT2D eigenvalue weighted by Crippen LogP contribution is 2.26. The van der Waals surface area contributed by atoms with Gasteiger partial charge in [-0.2, -0.15) is 5.26 Å². The Morgan fingerprint density at radius 2 is 2.09 bits per heavy atom. The molecule has 23 heavy (non-hydrogen) atoms. The molecule has 0 amide bonds. The molecule has 0 aliphatic heterocycles. The van der Waals surface area contributed by atoms with Crippen molar-refractivity contribution in [3.63, 3.8) is 0 Å². The molecule has 0 aliphatic carbocycles. The van der Waals surface area contributed by atoms with Crippen LogP contribution in [0.2, 0.25) is 0 Å². The lowest BCUT2D eigenvalue weighted by atomic mass is 10.1. The van der Waals surface area contributed by atoms with Crippen LogP contribution in [0.15, 0.2) is 27.3 Å². The van der Waals surface area contributed by atoms with Crippen LogP contribution in [0.5, 0.6) is 0 Å². The quantitative estimate of drug-likeness (QED) is 0.683. The van der Waals surface area contributed by atoms with Crippen LogP contribution in [0.4, 0.5) is 0 Å². The number of aryl methyl sites for hydroxylation is 3. The molecule has 5 nitrogen and oxygen atoms in total. The van der Waals surface area contributed by atoms with Gasteiger partial charge in [-0.25, -0.2) is 9.97 Å². The summed E-state index contributed by atoms with van der Waals surface area (Å²) in [4.78, 5) is 21.8. The Morgan fingerprint density at radius 1 is 1.30 bits per heavy atom. The van der Waals surface area contributed by atoms with Gasteiger partial charge in [0.1, 0.15) is 11.1 Å². The first-order chi connectivity index (χ1) is 11.0. The number of nitrogens with zero attached hydrogens (tertiary/aromatic N) is 4. The summed E-state index contributed by atoms with van der Waals surface area (Å²) in [6, 6.07) is 5.65. The van der Waals surface area contributed by atoms with Gasteiger partial charge in [0, 0.05) is 28.6 Å². The fourth-order valence-corrected chi connectivity index (χ4v) is 4.24. The fraction of sp³-hybridized carbons (Fsp3) is 0.250. The molecule has 0 aromatic carbocycles. The zero-order chi connectivity index (χ0) is 16.6. The SMILES string of the molecule is Cc1cc(C)c(C#N)c(SCc2cc(=O)n3c(C)csc3n2)n1. The Kier molecular flexibility index (Phi) is 4.20. The second-order valence-corrected chi connectivity index (χ2v) is 7.04. The van der Waals surface area contributed by atoms with Gasteiger partial charge in [0.2, 0.25) is 0 Å². The highest BCUT2D eigenvalue weighted by atomic mass is 32.2. The minimum absolute atomic E-state index is 0.0711. The number of nitriles is 1. The van der Waals surface area contributed by atoms with E-state index in [1.54, 1.807) is 10.5 Å². The topological polar surface area (TPSA) is 71.0 Å². The van der Waals surface area contributed by atoms with Crippen LogP contribution in [0.1, 0.15) is 28.2 Å². The molecule has 0 atom stereocenters. The van der Waals surface area contributed by atoms with Gasteiger partial charge < -0.3 is 0 Å². The van der Waals surface area contributed by atoms with Crippen molar-refractivity contribution in [1.82, 2.24) is 14.4 Å². The molecule has 3 heterocycles. The van der Waals surface area contributed by atoms with Crippen molar-refractivity contribution in [1.29, 1.82) is 5.26 Å². The van der Waals surface area contributed by atoms with E-state index in [0.29, 0.717) is 27.0 Å². The van der Waals surface area contributed by atoms with E-state index in [4.69, 9.17) is 0 Å². The fourth-order valence-electron chi connectivity index (χ4n) is 2.36.